The van der Waals surface area contributed by atoms with E-state index in [4.69, 9.17) is 4.74 Å². The average molecular weight is 272 g/mol. The molecule has 2 aliphatic rings. The molecule has 5 nitrogen and oxygen atoms in total. The molecule has 4 rings (SSSR count). The number of hydrogen-bond donors (Lipinski definition) is 1. The molecule has 3 heterocycles. The van der Waals surface area contributed by atoms with Crippen molar-refractivity contribution in [1.29, 1.82) is 0 Å². The Bertz CT molecular complexity index is 599. The zero-order valence-electron chi connectivity index (χ0n) is 11.6. The molecular weight excluding hydrogens is 252 g/mol. The smallest absolute Gasteiger partial charge is 0.231 e. The summed E-state index contributed by atoms with van der Waals surface area (Å²) < 4.78 is 7.70. The number of fused-ring (bicyclic) bond motifs is 1. The number of piperidine rings is 1. The highest BCUT2D eigenvalue weighted by molar-refractivity contribution is 5.40. The lowest BCUT2D eigenvalue weighted by molar-refractivity contribution is 0.207. The van der Waals surface area contributed by atoms with Gasteiger partial charge in [0.2, 0.25) is 5.88 Å². The van der Waals surface area contributed by atoms with Crippen LogP contribution in [0.1, 0.15) is 37.3 Å². The normalized spacial score (nSPS) is 20.4. The molecule has 2 aromatic rings. The van der Waals surface area contributed by atoms with E-state index in [0.29, 0.717) is 17.7 Å². The molecule has 0 bridgehead atoms. The third kappa shape index (κ3) is 2.50. The van der Waals surface area contributed by atoms with Crippen LogP contribution in [0, 0.1) is 5.92 Å². The topological polar surface area (TPSA) is 51.5 Å². The third-order valence-corrected chi connectivity index (χ3v) is 4.24. The molecule has 5 heteroatoms. The van der Waals surface area contributed by atoms with Gasteiger partial charge in [0.15, 0.2) is 5.65 Å². The number of imidazole rings is 1. The monoisotopic (exact) mass is 272 g/mol. The molecular formula is C15H20N4O. The van der Waals surface area contributed by atoms with Gasteiger partial charge in [-0.3, -0.25) is 0 Å². The lowest BCUT2D eigenvalue weighted by Gasteiger charge is -2.22. The fraction of sp³-hybridized carbons (Fsp3) is 0.600. The molecule has 1 aliphatic heterocycles. The summed E-state index contributed by atoms with van der Waals surface area (Å²) in [6, 6.07) is 3.93. The summed E-state index contributed by atoms with van der Waals surface area (Å²) in [6.45, 7) is 2.98. The number of hydrogen-bond acceptors (Lipinski definition) is 4. The van der Waals surface area contributed by atoms with Crippen LogP contribution in [-0.4, -0.2) is 34.3 Å². The number of rotatable bonds is 4. The minimum Gasteiger partial charge on any atom is -0.476 e. The average Bonchev–Trinajstić information content (AvgIpc) is 3.26. The zero-order valence-corrected chi connectivity index (χ0v) is 11.6. The summed E-state index contributed by atoms with van der Waals surface area (Å²) in [5.41, 5.74) is 2.09. The maximum Gasteiger partial charge on any atom is 0.231 e. The number of nitrogens with one attached hydrogen (secondary N) is 1. The first-order valence-corrected chi connectivity index (χ1v) is 7.58. The highest BCUT2D eigenvalue weighted by Gasteiger charge is 2.26. The molecule has 1 saturated heterocycles. The van der Waals surface area contributed by atoms with E-state index in [-0.39, 0.29) is 0 Å². The van der Waals surface area contributed by atoms with E-state index in [2.05, 4.69) is 15.4 Å². The van der Waals surface area contributed by atoms with Crippen molar-refractivity contribution in [1.82, 2.24) is 19.9 Å². The van der Waals surface area contributed by atoms with E-state index < -0.39 is 0 Å². The standard InChI is InChI=1S/C15H20N4O/c1-2-12(1)13-9-19-14(17-13)3-4-15(18-19)20-10-11-5-7-16-8-6-11/h3-4,9,11-12,16H,1-2,5-8,10H2. The minimum absolute atomic E-state index is 0.651. The van der Waals surface area contributed by atoms with Crippen molar-refractivity contribution in [2.75, 3.05) is 19.7 Å². The Hall–Kier alpha value is -1.62. The molecule has 2 fully saturated rings. The first-order valence-electron chi connectivity index (χ1n) is 7.58. The Morgan fingerprint density at radius 2 is 2.05 bits per heavy atom. The lowest BCUT2D eigenvalue weighted by atomic mass is 9.99. The van der Waals surface area contributed by atoms with Crippen molar-refractivity contribution in [3.05, 3.63) is 24.0 Å². The van der Waals surface area contributed by atoms with E-state index in [1.54, 1.807) is 0 Å². The largest absolute Gasteiger partial charge is 0.476 e. The van der Waals surface area contributed by atoms with Gasteiger partial charge in [0.05, 0.1) is 18.5 Å². The van der Waals surface area contributed by atoms with Crippen molar-refractivity contribution < 1.29 is 4.74 Å². The predicted molar refractivity (Wildman–Crippen MR) is 76.1 cm³/mol. The van der Waals surface area contributed by atoms with Crippen molar-refractivity contribution in [3.63, 3.8) is 0 Å². The van der Waals surface area contributed by atoms with Gasteiger partial charge in [-0.25, -0.2) is 9.50 Å². The van der Waals surface area contributed by atoms with Crippen LogP contribution in [0.15, 0.2) is 18.3 Å². The summed E-state index contributed by atoms with van der Waals surface area (Å²) in [5.74, 6) is 2.02. The second kappa shape index (κ2) is 5.05. The minimum atomic E-state index is 0.651. The van der Waals surface area contributed by atoms with E-state index in [0.717, 1.165) is 25.3 Å². The number of aromatic nitrogens is 3. The molecule has 1 N–H and O–H groups in total. The van der Waals surface area contributed by atoms with Gasteiger partial charge in [0.25, 0.3) is 0 Å². The van der Waals surface area contributed by atoms with Crippen LogP contribution >= 0.6 is 0 Å². The van der Waals surface area contributed by atoms with E-state index in [1.807, 2.05) is 22.8 Å². The van der Waals surface area contributed by atoms with Crippen molar-refractivity contribution in [2.45, 2.75) is 31.6 Å². The Balaban J connectivity index is 1.45. The van der Waals surface area contributed by atoms with Crippen LogP contribution in [0.2, 0.25) is 0 Å². The van der Waals surface area contributed by atoms with Gasteiger partial charge in [-0.1, -0.05) is 0 Å². The van der Waals surface area contributed by atoms with Crippen LogP contribution in [-0.2, 0) is 0 Å². The van der Waals surface area contributed by atoms with Gasteiger partial charge in [0.1, 0.15) is 0 Å². The molecule has 0 spiro atoms. The van der Waals surface area contributed by atoms with Crippen LogP contribution < -0.4 is 10.1 Å². The predicted octanol–water partition coefficient (Wildman–Crippen LogP) is 1.99. The first kappa shape index (κ1) is 12.1. The second-order valence-electron chi connectivity index (χ2n) is 5.92. The summed E-state index contributed by atoms with van der Waals surface area (Å²) in [7, 11) is 0. The fourth-order valence-electron chi connectivity index (χ4n) is 2.79. The van der Waals surface area contributed by atoms with Crippen LogP contribution in [0.4, 0.5) is 0 Å². The van der Waals surface area contributed by atoms with Gasteiger partial charge in [-0.15, -0.1) is 5.10 Å². The number of nitrogens with zero attached hydrogens (tertiary/aromatic N) is 3. The highest BCUT2D eigenvalue weighted by atomic mass is 16.5. The second-order valence-corrected chi connectivity index (χ2v) is 5.92. The molecule has 1 saturated carbocycles. The molecule has 1 aliphatic carbocycles. The van der Waals surface area contributed by atoms with E-state index >= 15 is 0 Å². The third-order valence-electron chi connectivity index (χ3n) is 4.24. The Labute approximate surface area is 118 Å². The van der Waals surface area contributed by atoms with E-state index in [1.165, 1.54) is 31.4 Å². The van der Waals surface area contributed by atoms with Crippen LogP contribution in [0.25, 0.3) is 5.65 Å². The molecule has 20 heavy (non-hydrogen) atoms. The molecule has 0 atom stereocenters. The van der Waals surface area contributed by atoms with Gasteiger partial charge in [-0.2, -0.15) is 0 Å². The molecule has 0 radical (unpaired) electrons. The Kier molecular flexibility index (Phi) is 3.07. The summed E-state index contributed by atoms with van der Waals surface area (Å²) in [6.07, 6.45) is 6.97. The summed E-state index contributed by atoms with van der Waals surface area (Å²) >= 11 is 0. The highest BCUT2D eigenvalue weighted by Crippen LogP contribution is 2.39. The maximum absolute atomic E-state index is 5.85. The summed E-state index contributed by atoms with van der Waals surface area (Å²) in [5, 5.41) is 7.88. The van der Waals surface area contributed by atoms with Gasteiger partial charge < -0.3 is 10.1 Å². The lowest BCUT2D eigenvalue weighted by Crippen LogP contribution is -2.30. The maximum atomic E-state index is 5.85. The van der Waals surface area contributed by atoms with Gasteiger partial charge >= 0.3 is 0 Å². The fourth-order valence-corrected chi connectivity index (χ4v) is 2.79. The quantitative estimate of drug-likeness (QED) is 0.924. The zero-order chi connectivity index (χ0) is 13.4. The van der Waals surface area contributed by atoms with Gasteiger partial charge in [0, 0.05) is 12.0 Å². The number of ether oxygens (including phenoxy) is 1. The summed E-state index contributed by atoms with van der Waals surface area (Å²) in [4.78, 5) is 4.60. The van der Waals surface area contributed by atoms with Gasteiger partial charge in [-0.05, 0) is 50.8 Å². The van der Waals surface area contributed by atoms with Crippen LogP contribution in [0.3, 0.4) is 0 Å². The van der Waals surface area contributed by atoms with E-state index in [9.17, 15) is 0 Å². The van der Waals surface area contributed by atoms with Crippen LogP contribution in [0.5, 0.6) is 5.88 Å². The SMILES string of the molecule is c1cc2nc(C3CC3)cn2nc1OCC1CCNCC1. The van der Waals surface area contributed by atoms with Crippen molar-refractivity contribution in [2.24, 2.45) is 5.92 Å². The first-order chi connectivity index (χ1) is 9.88. The molecule has 0 aromatic carbocycles. The molecule has 0 amide bonds. The van der Waals surface area contributed by atoms with Crippen molar-refractivity contribution in [3.8, 4) is 5.88 Å². The molecule has 106 valence electrons. The molecule has 2 aromatic heterocycles. The molecule has 0 unspecified atom stereocenters. The van der Waals surface area contributed by atoms with Crippen molar-refractivity contribution >= 4 is 5.65 Å². The Morgan fingerprint density at radius 3 is 2.85 bits per heavy atom. The Morgan fingerprint density at radius 1 is 1.20 bits per heavy atom.